The Labute approximate surface area is 117 Å². The molecule has 0 aliphatic heterocycles. The molecule has 9 heteroatoms. The first-order valence-corrected chi connectivity index (χ1v) is 5.80. The molecule has 3 N–H and O–H groups in total. The second kappa shape index (κ2) is 7.48. The average molecular weight is 306 g/mol. The molecule has 0 spiro atoms. The van der Waals surface area contributed by atoms with Gasteiger partial charge in [0.2, 0.25) is 0 Å². The monoisotopic (exact) mass is 306 g/mol. The Bertz CT molecular complexity index is 506. The van der Waals surface area contributed by atoms with E-state index in [1.54, 1.807) is 0 Å². The van der Waals surface area contributed by atoms with Crippen LogP contribution in [0, 0.1) is 0 Å². The molecule has 0 radical (unpaired) electrons. The summed E-state index contributed by atoms with van der Waals surface area (Å²) in [6.07, 6.45) is -4.49. The van der Waals surface area contributed by atoms with Crippen molar-refractivity contribution >= 4 is 17.7 Å². The fourth-order valence-corrected chi connectivity index (χ4v) is 1.34. The van der Waals surface area contributed by atoms with Crippen molar-refractivity contribution in [2.24, 2.45) is 0 Å². The maximum absolute atomic E-state index is 12.5. The number of carbonyl (C=O) groups excluding carboxylic acids is 1. The molecule has 0 saturated heterocycles. The highest BCUT2D eigenvalue weighted by Crippen LogP contribution is 2.30. The van der Waals surface area contributed by atoms with E-state index >= 15 is 0 Å². The summed E-state index contributed by atoms with van der Waals surface area (Å²) >= 11 is 0. The van der Waals surface area contributed by atoms with E-state index in [0.717, 1.165) is 12.1 Å². The van der Waals surface area contributed by atoms with Crippen molar-refractivity contribution < 1.29 is 32.6 Å². The summed E-state index contributed by atoms with van der Waals surface area (Å²) in [5, 5.41) is 12.8. The summed E-state index contributed by atoms with van der Waals surface area (Å²) in [6.45, 7) is -0.489. The molecule has 2 amide bonds. The minimum atomic E-state index is -4.49. The zero-order valence-corrected chi connectivity index (χ0v) is 10.7. The van der Waals surface area contributed by atoms with Crippen molar-refractivity contribution in [1.29, 1.82) is 0 Å². The van der Waals surface area contributed by atoms with Gasteiger partial charge in [-0.15, -0.1) is 0 Å². The molecule has 0 atom stereocenters. The number of nitrogens with one attached hydrogen (secondary N) is 2. The van der Waals surface area contributed by atoms with Gasteiger partial charge in [-0.25, -0.2) is 9.59 Å². The number of carboxylic acid groups (broad SMARTS) is 1. The number of ether oxygens (including phenoxy) is 1. The number of alkyl halides is 3. The molecule has 116 valence electrons. The number of carbonyl (C=O) groups is 2. The maximum atomic E-state index is 12.5. The van der Waals surface area contributed by atoms with Crippen LogP contribution in [0.1, 0.15) is 5.56 Å². The Hall–Kier alpha value is -2.29. The quantitative estimate of drug-likeness (QED) is 0.701. The molecule has 6 nitrogen and oxygen atoms in total. The Morgan fingerprint density at radius 2 is 2.00 bits per heavy atom. The highest BCUT2D eigenvalue weighted by atomic mass is 19.4. The average Bonchev–Trinajstić information content (AvgIpc) is 2.37. The number of hydrogen-bond donors (Lipinski definition) is 3. The minimum Gasteiger partial charge on any atom is -0.480 e. The van der Waals surface area contributed by atoms with Crippen LogP contribution in [0.4, 0.5) is 23.7 Å². The Kier molecular flexibility index (Phi) is 5.97. The van der Waals surface area contributed by atoms with Crippen LogP contribution in [0.15, 0.2) is 24.3 Å². The molecule has 1 rings (SSSR count). The molecule has 0 aromatic heterocycles. The first kappa shape index (κ1) is 16.8. The third-order valence-electron chi connectivity index (χ3n) is 2.21. The van der Waals surface area contributed by atoms with E-state index in [-0.39, 0.29) is 18.8 Å². The number of rotatable bonds is 6. The van der Waals surface area contributed by atoms with Gasteiger partial charge < -0.3 is 20.5 Å². The van der Waals surface area contributed by atoms with Crippen LogP contribution in [0.2, 0.25) is 0 Å². The molecule has 1 aromatic rings. The second-order valence-electron chi connectivity index (χ2n) is 3.91. The largest absolute Gasteiger partial charge is 0.480 e. The van der Waals surface area contributed by atoms with Crippen LogP contribution < -0.4 is 10.6 Å². The third-order valence-corrected chi connectivity index (χ3v) is 2.21. The van der Waals surface area contributed by atoms with Crippen LogP contribution in [0.3, 0.4) is 0 Å². The van der Waals surface area contributed by atoms with E-state index in [1.165, 1.54) is 12.1 Å². The SMILES string of the molecule is O=C(O)COCCNC(=O)Nc1cccc(C(F)(F)F)c1. The van der Waals surface area contributed by atoms with E-state index in [0.29, 0.717) is 0 Å². The summed E-state index contributed by atoms with van der Waals surface area (Å²) in [7, 11) is 0. The summed E-state index contributed by atoms with van der Waals surface area (Å²) in [6, 6.07) is 3.47. The molecule has 0 fully saturated rings. The number of amides is 2. The first-order valence-electron chi connectivity index (χ1n) is 5.80. The molecule has 0 bridgehead atoms. The Morgan fingerprint density at radius 3 is 2.62 bits per heavy atom. The number of anilines is 1. The predicted octanol–water partition coefficient (Wildman–Crippen LogP) is 1.93. The zero-order valence-electron chi connectivity index (χ0n) is 10.7. The number of aliphatic carboxylic acids is 1. The van der Waals surface area contributed by atoms with Crippen LogP contribution in [-0.2, 0) is 15.7 Å². The summed E-state index contributed by atoms with van der Waals surface area (Å²) in [5.74, 6) is -1.14. The number of urea groups is 1. The molecule has 0 saturated carbocycles. The Morgan fingerprint density at radius 1 is 1.29 bits per heavy atom. The van der Waals surface area contributed by atoms with Crippen molar-refractivity contribution in [2.45, 2.75) is 6.18 Å². The lowest BCUT2D eigenvalue weighted by Gasteiger charge is -2.10. The smallest absolute Gasteiger partial charge is 0.416 e. The van der Waals surface area contributed by atoms with Gasteiger partial charge in [0.1, 0.15) is 6.61 Å². The van der Waals surface area contributed by atoms with Gasteiger partial charge in [-0.2, -0.15) is 13.2 Å². The first-order chi connectivity index (χ1) is 9.79. The van der Waals surface area contributed by atoms with E-state index in [4.69, 9.17) is 5.11 Å². The lowest BCUT2D eigenvalue weighted by Crippen LogP contribution is -2.32. The molecule has 21 heavy (non-hydrogen) atoms. The zero-order chi connectivity index (χ0) is 15.9. The van der Waals surface area contributed by atoms with Gasteiger partial charge in [0, 0.05) is 12.2 Å². The highest BCUT2D eigenvalue weighted by Gasteiger charge is 2.30. The van der Waals surface area contributed by atoms with E-state index in [9.17, 15) is 22.8 Å². The van der Waals surface area contributed by atoms with Crippen LogP contribution in [0.25, 0.3) is 0 Å². The molecule has 0 heterocycles. The Balaban J connectivity index is 2.39. The fourth-order valence-electron chi connectivity index (χ4n) is 1.34. The van der Waals surface area contributed by atoms with Crippen molar-refractivity contribution in [3.8, 4) is 0 Å². The number of halogens is 3. The standard InChI is InChI=1S/C12H13F3N2O4/c13-12(14,15)8-2-1-3-9(6-8)17-11(20)16-4-5-21-7-10(18)19/h1-3,6H,4-5,7H2,(H,18,19)(H2,16,17,20). The number of carboxylic acids is 1. The molecular formula is C12H13F3N2O4. The van der Waals surface area contributed by atoms with Gasteiger partial charge in [0.25, 0.3) is 0 Å². The van der Waals surface area contributed by atoms with Crippen LogP contribution >= 0.6 is 0 Å². The van der Waals surface area contributed by atoms with Crippen molar-refractivity contribution in [2.75, 3.05) is 25.1 Å². The van der Waals surface area contributed by atoms with Crippen LogP contribution in [0.5, 0.6) is 0 Å². The van der Waals surface area contributed by atoms with Gasteiger partial charge >= 0.3 is 18.2 Å². The molecule has 0 unspecified atom stereocenters. The van der Waals surface area contributed by atoms with Gasteiger partial charge in [0.15, 0.2) is 0 Å². The molecular weight excluding hydrogens is 293 g/mol. The fraction of sp³-hybridized carbons (Fsp3) is 0.333. The van der Waals surface area contributed by atoms with E-state index in [1.807, 2.05) is 0 Å². The molecule has 1 aromatic carbocycles. The van der Waals surface area contributed by atoms with Crippen molar-refractivity contribution in [3.63, 3.8) is 0 Å². The lowest BCUT2D eigenvalue weighted by atomic mass is 10.2. The molecule has 0 aliphatic rings. The van der Waals surface area contributed by atoms with Crippen molar-refractivity contribution in [3.05, 3.63) is 29.8 Å². The number of hydrogen-bond acceptors (Lipinski definition) is 3. The maximum Gasteiger partial charge on any atom is 0.416 e. The highest BCUT2D eigenvalue weighted by molar-refractivity contribution is 5.89. The van der Waals surface area contributed by atoms with E-state index < -0.39 is 30.3 Å². The van der Waals surface area contributed by atoms with Crippen LogP contribution in [-0.4, -0.2) is 36.9 Å². The van der Waals surface area contributed by atoms with Crippen molar-refractivity contribution in [1.82, 2.24) is 5.32 Å². The minimum absolute atomic E-state index is 0.00576. The summed E-state index contributed by atoms with van der Waals surface area (Å²) in [5.41, 5.74) is -0.876. The number of benzene rings is 1. The molecule has 0 aliphatic carbocycles. The third kappa shape index (κ3) is 6.61. The topological polar surface area (TPSA) is 87.7 Å². The van der Waals surface area contributed by atoms with Gasteiger partial charge in [0.05, 0.1) is 12.2 Å². The summed E-state index contributed by atoms with van der Waals surface area (Å²) < 4.78 is 42.1. The van der Waals surface area contributed by atoms with Gasteiger partial charge in [-0.3, -0.25) is 0 Å². The summed E-state index contributed by atoms with van der Waals surface area (Å²) in [4.78, 5) is 21.5. The van der Waals surface area contributed by atoms with Gasteiger partial charge in [-0.1, -0.05) is 6.07 Å². The lowest BCUT2D eigenvalue weighted by molar-refractivity contribution is -0.142. The normalized spacial score (nSPS) is 11.0. The second-order valence-corrected chi connectivity index (χ2v) is 3.91. The predicted molar refractivity (Wildman–Crippen MR) is 66.9 cm³/mol. The van der Waals surface area contributed by atoms with E-state index in [2.05, 4.69) is 15.4 Å². The van der Waals surface area contributed by atoms with Gasteiger partial charge in [-0.05, 0) is 18.2 Å².